The molecule has 0 aliphatic carbocycles. The van der Waals surface area contributed by atoms with Crippen molar-refractivity contribution in [2.24, 2.45) is 4.99 Å². The van der Waals surface area contributed by atoms with E-state index in [1.54, 1.807) is 31.3 Å². The highest BCUT2D eigenvalue weighted by Gasteiger charge is 2.41. The van der Waals surface area contributed by atoms with E-state index in [1.807, 2.05) is 0 Å². The first kappa shape index (κ1) is 21.2. The Morgan fingerprint density at radius 3 is 2.69 bits per heavy atom. The van der Waals surface area contributed by atoms with Crippen LogP contribution in [0.5, 0.6) is 0 Å². The van der Waals surface area contributed by atoms with Gasteiger partial charge in [-0.3, -0.25) is 9.79 Å². The van der Waals surface area contributed by atoms with Gasteiger partial charge in [0.05, 0.1) is 18.2 Å². The van der Waals surface area contributed by atoms with Gasteiger partial charge >= 0.3 is 0 Å². The molecule has 1 aromatic rings. The first-order valence-electron chi connectivity index (χ1n) is 8.82. The number of nitrogens with zero attached hydrogens (tertiary/aromatic N) is 1. The summed E-state index contributed by atoms with van der Waals surface area (Å²) in [6, 6.07) is 7.45. The van der Waals surface area contributed by atoms with Crippen molar-refractivity contribution in [3.8, 4) is 0 Å². The summed E-state index contributed by atoms with van der Waals surface area (Å²) >= 11 is 5.83. The zero-order valence-corrected chi connectivity index (χ0v) is 17.9. The fourth-order valence-corrected chi connectivity index (χ4v) is 3.50. The Balaban J connectivity index is 0.00000243. The van der Waals surface area contributed by atoms with Crippen molar-refractivity contribution in [2.75, 3.05) is 18.9 Å². The lowest BCUT2D eigenvalue weighted by molar-refractivity contribution is -0.116. The Labute approximate surface area is 176 Å². The summed E-state index contributed by atoms with van der Waals surface area (Å²) in [4.78, 5) is 16.2. The number of benzene rings is 1. The number of anilines is 1. The minimum absolute atomic E-state index is 0. The Bertz CT molecular complexity index is 626. The normalized spacial score (nSPS) is 24.1. The molecule has 2 fully saturated rings. The van der Waals surface area contributed by atoms with Gasteiger partial charge in [0.1, 0.15) is 0 Å². The van der Waals surface area contributed by atoms with E-state index in [4.69, 9.17) is 16.3 Å². The van der Waals surface area contributed by atoms with Crippen molar-refractivity contribution in [3.63, 3.8) is 0 Å². The summed E-state index contributed by atoms with van der Waals surface area (Å²) in [5.74, 6) is 0.771. The first-order chi connectivity index (χ1) is 12.1. The molecular weight excluding hydrogens is 467 g/mol. The quantitative estimate of drug-likeness (QED) is 0.247. The number of rotatable bonds is 6. The number of hydrogen-bond acceptors (Lipinski definition) is 3. The molecule has 2 aliphatic heterocycles. The standard InChI is InChI=1S/C18H25ClN4O2.HI/c1-20-18(23-15-11-14-8-9-16(15)25-14)21-10-2-3-17(24)22-13-6-4-12(19)5-7-13;/h4-7,14-16H,2-3,8-11H2,1H3,(H,22,24)(H2,20,21,23);1H. The molecular formula is C18H26ClIN4O2. The second-order valence-electron chi connectivity index (χ2n) is 6.52. The fraction of sp³-hybridized carbons (Fsp3) is 0.556. The van der Waals surface area contributed by atoms with Crippen molar-refractivity contribution >= 4 is 53.1 Å². The molecule has 2 heterocycles. The van der Waals surface area contributed by atoms with Crippen LogP contribution in [0.2, 0.25) is 5.02 Å². The van der Waals surface area contributed by atoms with Crippen LogP contribution < -0.4 is 16.0 Å². The Hall–Kier alpha value is -1.06. The average Bonchev–Trinajstić information content (AvgIpc) is 3.22. The van der Waals surface area contributed by atoms with Crippen LogP contribution in [-0.4, -0.2) is 43.7 Å². The molecule has 2 aliphatic rings. The van der Waals surface area contributed by atoms with Crippen LogP contribution in [0, 0.1) is 0 Å². The van der Waals surface area contributed by atoms with E-state index in [1.165, 1.54) is 6.42 Å². The zero-order valence-electron chi connectivity index (χ0n) is 14.8. The van der Waals surface area contributed by atoms with Crippen LogP contribution in [0.4, 0.5) is 5.69 Å². The highest BCUT2D eigenvalue weighted by Crippen LogP contribution is 2.34. The molecule has 1 aromatic carbocycles. The maximum Gasteiger partial charge on any atom is 0.224 e. The van der Waals surface area contributed by atoms with Gasteiger partial charge in [0.25, 0.3) is 0 Å². The summed E-state index contributed by atoms with van der Waals surface area (Å²) < 4.78 is 5.84. The molecule has 26 heavy (non-hydrogen) atoms. The number of aliphatic imine (C=N–C) groups is 1. The largest absolute Gasteiger partial charge is 0.373 e. The maximum atomic E-state index is 11.9. The lowest BCUT2D eigenvalue weighted by Gasteiger charge is -2.22. The summed E-state index contributed by atoms with van der Waals surface area (Å²) in [5.41, 5.74) is 0.760. The highest BCUT2D eigenvalue weighted by atomic mass is 127. The molecule has 144 valence electrons. The molecule has 0 spiro atoms. The third kappa shape index (κ3) is 5.99. The minimum Gasteiger partial charge on any atom is -0.373 e. The smallest absolute Gasteiger partial charge is 0.224 e. The van der Waals surface area contributed by atoms with Gasteiger partial charge < -0.3 is 20.7 Å². The van der Waals surface area contributed by atoms with Crippen molar-refractivity contribution in [2.45, 2.75) is 50.4 Å². The third-order valence-corrected chi connectivity index (χ3v) is 4.90. The first-order valence-corrected chi connectivity index (χ1v) is 9.20. The van der Waals surface area contributed by atoms with Crippen LogP contribution in [0.15, 0.2) is 29.3 Å². The van der Waals surface area contributed by atoms with Crippen LogP contribution >= 0.6 is 35.6 Å². The molecule has 3 N–H and O–H groups in total. The molecule has 3 rings (SSSR count). The fourth-order valence-electron chi connectivity index (χ4n) is 3.37. The summed E-state index contributed by atoms with van der Waals surface area (Å²) in [6.07, 6.45) is 5.26. The molecule has 8 heteroatoms. The number of fused-ring (bicyclic) bond motifs is 2. The molecule has 0 aromatic heterocycles. The van der Waals surface area contributed by atoms with Gasteiger partial charge in [0, 0.05) is 30.7 Å². The van der Waals surface area contributed by atoms with E-state index in [0.717, 1.165) is 30.9 Å². The number of ether oxygens (including phenoxy) is 1. The van der Waals surface area contributed by atoms with Crippen molar-refractivity contribution in [1.29, 1.82) is 0 Å². The summed E-state index contributed by atoms with van der Waals surface area (Å²) in [6.45, 7) is 0.690. The van der Waals surface area contributed by atoms with Crippen molar-refractivity contribution in [1.82, 2.24) is 10.6 Å². The second kappa shape index (κ2) is 10.3. The van der Waals surface area contributed by atoms with E-state index in [9.17, 15) is 4.79 Å². The van der Waals surface area contributed by atoms with Crippen LogP contribution in [0.25, 0.3) is 0 Å². The molecule has 3 atom stereocenters. The number of guanidine groups is 1. The molecule has 0 saturated carbocycles. The van der Waals surface area contributed by atoms with Gasteiger partial charge in [-0.15, -0.1) is 24.0 Å². The lowest BCUT2D eigenvalue weighted by atomic mass is 9.96. The topological polar surface area (TPSA) is 74.8 Å². The monoisotopic (exact) mass is 492 g/mol. The van der Waals surface area contributed by atoms with Gasteiger partial charge in [-0.05, 0) is 49.9 Å². The number of carbonyl (C=O) groups is 1. The summed E-state index contributed by atoms with van der Waals surface area (Å²) in [5, 5.41) is 10.2. The van der Waals surface area contributed by atoms with E-state index < -0.39 is 0 Å². The number of hydrogen-bond donors (Lipinski definition) is 3. The molecule has 6 nitrogen and oxygen atoms in total. The maximum absolute atomic E-state index is 11.9. The van der Waals surface area contributed by atoms with Crippen LogP contribution in [0.1, 0.15) is 32.1 Å². The Kier molecular flexibility index (Phi) is 8.43. The van der Waals surface area contributed by atoms with Gasteiger partial charge in [-0.2, -0.15) is 0 Å². The number of halogens is 2. The number of amides is 1. The van der Waals surface area contributed by atoms with Crippen molar-refractivity contribution < 1.29 is 9.53 Å². The van der Waals surface area contributed by atoms with E-state index in [2.05, 4.69) is 20.9 Å². The van der Waals surface area contributed by atoms with Crippen molar-refractivity contribution in [3.05, 3.63) is 29.3 Å². The van der Waals surface area contributed by atoms with E-state index in [-0.39, 0.29) is 29.9 Å². The third-order valence-electron chi connectivity index (χ3n) is 4.65. The van der Waals surface area contributed by atoms with Crippen LogP contribution in [-0.2, 0) is 9.53 Å². The van der Waals surface area contributed by atoms with E-state index in [0.29, 0.717) is 36.2 Å². The van der Waals surface area contributed by atoms with Crippen LogP contribution in [0.3, 0.4) is 0 Å². The molecule has 2 saturated heterocycles. The lowest BCUT2D eigenvalue weighted by Crippen LogP contribution is -2.47. The Morgan fingerprint density at radius 1 is 1.31 bits per heavy atom. The molecule has 0 radical (unpaired) electrons. The van der Waals surface area contributed by atoms with Gasteiger partial charge in [0.2, 0.25) is 5.91 Å². The number of carbonyl (C=O) groups excluding carboxylic acids is 1. The SMILES string of the molecule is CN=C(NCCCC(=O)Nc1ccc(Cl)cc1)NC1CC2CCC1O2.I. The highest BCUT2D eigenvalue weighted by molar-refractivity contribution is 14.0. The number of nitrogens with one attached hydrogen (secondary N) is 3. The van der Waals surface area contributed by atoms with Gasteiger partial charge in [-0.25, -0.2) is 0 Å². The predicted molar refractivity (Wildman–Crippen MR) is 116 cm³/mol. The Morgan fingerprint density at radius 2 is 2.08 bits per heavy atom. The summed E-state index contributed by atoms with van der Waals surface area (Å²) in [7, 11) is 1.76. The van der Waals surface area contributed by atoms with Gasteiger partial charge in [-0.1, -0.05) is 11.6 Å². The van der Waals surface area contributed by atoms with Gasteiger partial charge in [0.15, 0.2) is 5.96 Å². The molecule has 2 bridgehead atoms. The predicted octanol–water partition coefficient (Wildman–Crippen LogP) is 3.16. The minimum atomic E-state index is -0.00595. The zero-order chi connectivity index (χ0) is 17.6. The van der Waals surface area contributed by atoms with E-state index >= 15 is 0 Å². The average molecular weight is 493 g/mol. The molecule has 1 amide bonds. The second-order valence-corrected chi connectivity index (χ2v) is 6.95. The molecule has 3 unspecified atom stereocenters.